The van der Waals surface area contributed by atoms with Crippen molar-refractivity contribution in [3.8, 4) is 11.5 Å². The third kappa shape index (κ3) is 6.37. The molecule has 282 valence electrons. The molecule has 3 aliphatic rings. The van der Waals surface area contributed by atoms with Gasteiger partial charge in [0.25, 0.3) is 5.91 Å². The van der Waals surface area contributed by atoms with E-state index in [1.807, 2.05) is 84.9 Å². The predicted molar refractivity (Wildman–Crippen MR) is 211 cm³/mol. The maximum atomic E-state index is 15.3. The van der Waals surface area contributed by atoms with Crippen LogP contribution in [0.25, 0.3) is 0 Å². The summed E-state index contributed by atoms with van der Waals surface area (Å²) in [6, 6.07) is 30.7. The van der Waals surface area contributed by atoms with Crippen molar-refractivity contribution in [3.63, 3.8) is 0 Å². The van der Waals surface area contributed by atoms with Crippen molar-refractivity contribution in [1.29, 1.82) is 0 Å². The predicted octanol–water partition coefficient (Wildman–Crippen LogP) is 6.13. The van der Waals surface area contributed by atoms with Crippen LogP contribution in [0.3, 0.4) is 0 Å². The maximum Gasteiger partial charge on any atom is 0.264 e. The fraction of sp³-hybridized carbons (Fsp3) is 0.372. The number of hydrogen-bond donors (Lipinski definition) is 1. The number of para-hydroxylation sites is 1. The van der Waals surface area contributed by atoms with Gasteiger partial charge in [0.15, 0.2) is 5.60 Å². The second-order valence-corrected chi connectivity index (χ2v) is 19.9. The van der Waals surface area contributed by atoms with Gasteiger partial charge in [-0.1, -0.05) is 67.7 Å². The summed E-state index contributed by atoms with van der Waals surface area (Å²) >= 11 is 0. The zero-order valence-electron chi connectivity index (χ0n) is 31.6. The number of hydrogen-bond acceptors (Lipinski definition) is 7. The highest BCUT2D eigenvalue weighted by molar-refractivity contribution is 6.91. The van der Waals surface area contributed by atoms with E-state index in [2.05, 4.69) is 32.2 Å². The first-order chi connectivity index (χ1) is 26.1. The Morgan fingerprint density at radius 1 is 0.963 bits per heavy atom. The van der Waals surface area contributed by atoms with E-state index >= 15 is 4.79 Å². The molecule has 0 bridgehead atoms. The summed E-state index contributed by atoms with van der Waals surface area (Å²) in [4.78, 5) is 46.6. The summed E-state index contributed by atoms with van der Waals surface area (Å²) in [6.07, 6.45) is 1.97. The highest BCUT2D eigenvalue weighted by Crippen LogP contribution is 2.60. The van der Waals surface area contributed by atoms with Crippen molar-refractivity contribution in [1.82, 2.24) is 4.90 Å². The third-order valence-electron chi connectivity index (χ3n) is 12.0. The summed E-state index contributed by atoms with van der Waals surface area (Å²) in [5, 5.41) is 11.3. The molecule has 2 fully saturated rings. The van der Waals surface area contributed by atoms with E-state index in [0.717, 1.165) is 47.5 Å². The lowest BCUT2D eigenvalue weighted by Crippen LogP contribution is -2.52. The molecule has 4 aromatic rings. The first-order valence-electron chi connectivity index (χ1n) is 18.7. The highest BCUT2D eigenvalue weighted by Gasteiger charge is 2.66. The van der Waals surface area contributed by atoms with Crippen molar-refractivity contribution >= 4 is 48.5 Å². The number of anilines is 3. The van der Waals surface area contributed by atoms with Crippen molar-refractivity contribution < 1.29 is 33.7 Å². The first kappa shape index (κ1) is 37.3. The topological polar surface area (TPSA) is 109 Å². The standard InChI is InChI=1S/C43H49N3O7Si/c1-29-41(54(4,5)36-20-17-34(51-2)18-21-36)39(25-40(49)44-23-9-12-33(44)27-47)53-43(29)37-24-35(52-3)19-22-38(37)45(42(43)50)26-30-13-15-32(16-14-30)46(28-48)31-10-7-6-8-11-31/h6-8,10-11,13-22,24,28-29,33,39,41,47H,9,12,23,25-27H2,1-5H3/t29-,33+,39+,41-,43+/m1/s1. The van der Waals surface area contributed by atoms with Crippen LogP contribution in [0.5, 0.6) is 11.5 Å². The molecule has 3 heterocycles. The number of amides is 3. The van der Waals surface area contributed by atoms with Crippen LogP contribution in [-0.4, -0.2) is 75.8 Å². The summed E-state index contributed by atoms with van der Waals surface area (Å²) < 4.78 is 18.4. The molecule has 3 amide bonds. The quantitative estimate of drug-likeness (QED) is 0.137. The van der Waals surface area contributed by atoms with E-state index in [9.17, 15) is 14.7 Å². The summed E-state index contributed by atoms with van der Waals surface area (Å²) in [7, 11) is 0.772. The van der Waals surface area contributed by atoms with Gasteiger partial charge in [0.1, 0.15) is 11.5 Å². The molecule has 3 aliphatic heterocycles. The van der Waals surface area contributed by atoms with Gasteiger partial charge in [-0.05, 0) is 78.5 Å². The summed E-state index contributed by atoms with van der Waals surface area (Å²) in [5.74, 6) is 0.849. The monoisotopic (exact) mass is 747 g/mol. The molecule has 0 radical (unpaired) electrons. The van der Waals surface area contributed by atoms with Crippen LogP contribution in [0.1, 0.15) is 37.3 Å². The van der Waals surface area contributed by atoms with Gasteiger partial charge in [0.2, 0.25) is 12.3 Å². The van der Waals surface area contributed by atoms with Crippen LogP contribution in [0.4, 0.5) is 17.1 Å². The lowest BCUT2D eigenvalue weighted by Gasteiger charge is -2.37. The van der Waals surface area contributed by atoms with Gasteiger partial charge in [-0.3, -0.25) is 19.3 Å². The number of methoxy groups -OCH3 is 2. The first-order valence-corrected chi connectivity index (χ1v) is 21.8. The minimum Gasteiger partial charge on any atom is -0.497 e. The Hall–Kier alpha value is -4.97. The Balaban J connectivity index is 1.27. The number of rotatable bonds is 12. The van der Waals surface area contributed by atoms with Gasteiger partial charge in [0, 0.05) is 29.4 Å². The van der Waals surface area contributed by atoms with Gasteiger partial charge in [-0.25, -0.2) is 0 Å². The lowest BCUT2D eigenvalue weighted by molar-refractivity contribution is -0.150. The van der Waals surface area contributed by atoms with Gasteiger partial charge < -0.3 is 29.1 Å². The molecule has 0 aromatic heterocycles. The van der Waals surface area contributed by atoms with E-state index in [1.54, 1.807) is 28.9 Å². The largest absolute Gasteiger partial charge is 0.497 e. The molecule has 2 saturated heterocycles. The van der Waals surface area contributed by atoms with Gasteiger partial charge in [-0.15, -0.1) is 0 Å². The van der Waals surface area contributed by atoms with E-state index in [0.29, 0.717) is 18.0 Å². The van der Waals surface area contributed by atoms with Crippen LogP contribution in [0.2, 0.25) is 18.6 Å². The molecule has 1 N–H and O–H groups in total. The number of benzene rings is 4. The number of ether oxygens (including phenoxy) is 3. The molecule has 0 unspecified atom stereocenters. The molecule has 0 saturated carbocycles. The molecule has 54 heavy (non-hydrogen) atoms. The number of fused-ring (bicyclic) bond motifs is 2. The number of likely N-dealkylation sites (tertiary alicyclic amines) is 1. The van der Waals surface area contributed by atoms with Gasteiger partial charge in [-0.2, -0.15) is 0 Å². The summed E-state index contributed by atoms with van der Waals surface area (Å²) in [5.41, 5.74) is 2.35. The normalized spacial score (nSPS) is 23.5. The fourth-order valence-electron chi connectivity index (χ4n) is 9.22. The Bertz CT molecular complexity index is 1990. The molecule has 1 spiro atoms. The van der Waals surface area contributed by atoms with Crippen molar-refractivity contribution in [3.05, 3.63) is 108 Å². The lowest BCUT2D eigenvalue weighted by atomic mass is 9.82. The van der Waals surface area contributed by atoms with E-state index in [-0.39, 0.29) is 48.9 Å². The zero-order chi connectivity index (χ0) is 38.2. The second-order valence-electron chi connectivity index (χ2n) is 15.2. The van der Waals surface area contributed by atoms with Crippen molar-refractivity contribution in [2.24, 2.45) is 5.92 Å². The highest BCUT2D eigenvalue weighted by atomic mass is 28.3. The van der Waals surface area contributed by atoms with E-state index in [1.165, 1.54) is 5.19 Å². The molecule has 5 atom stereocenters. The summed E-state index contributed by atoms with van der Waals surface area (Å²) in [6.45, 7) is 7.51. The van der Waals surface area contributed by atoms with Crippen LogP contribution in [0.15, 0.2) is 97.1 Å². The van der Waals surface area contributed by atoms with Crippen molar-refractivity contribution in [2.75, 3.05) is 37.2 Å². The van der Waals surface area contributed by atoms with Crippen LogP contribution in [0, 0.1) is 5.92 Å². The minimum absolute atomic E-state index is 0.0570. The fourth-order valence-corrected chi connectivity index (χ4v) is 13.2. The average Bonchev–Trinajstić information content (AvgIpc) is 3.86. The van der Waals surface area contributed by atoms with Gasteiger partial charge in [0.05, 0.1) is 59.7 Å². The maximum absolute atomic E-state index is 15.3. The SMILES string of the molecule is COc1ccc([Si](C)(C)[C@H]2[C@H](CC(=O)N3CCC[C@H]3CO)O[C@@]3(C(=O)N(Cc4ccc(N(C=O)c5ccccc5)cc4)c4ccc(OC)cc43)[C@@H]2C)cc1. The Labute approximate surface area is 318 Å². The number of nitrogens with zero attached hydrogens (tertiary/aromatic N) is 3. The second kappa shape index (κ2) is 15.0. The molecule has 0 aliphatic carbocycles. The Morgan fingerprint density at radius 2 is 1.63 bits per heavy atom. The Kier molecular flexibility index (Phi) is 10.4. The third-order valence-corrected chi connectivity index (χ3v) is 16.4. The van der Waals surface area contributed by atoms with Crippen LogP contribution < -0.4 is 24.5 Å². The average molecular weight is 748 g/mol. The smallest absolute Gasteiger partial charge is 0.264 e. The van der Waals surface area contributed by atoms with E-state index < -0.39 is 19.8 Å². The number of carbonyl (C=O) groups is 3. The molecular weight excluding hydrogens is 699 g/mol. The molecular formula is C43H49N3O7Si. The molecule has 11 heteroatoms. The molecule has 4 aromatic carbocycles. The van der Waals surface area contributed by atoms with Crippen molar-refractivity contribution in [2.45, 2.75) is 69.1 Å². The number of aliphatic hydroxyl groups is 1. The minimum atomic E-state index is -2.49. The van der Waals surface area contributed by atoms with E-state index in [4.69, 9.17) is 14.2 Å². The van der Waals surface area contributed by atoms with Crippen LogP contribution in [-0.2, 0) is 31.3 Å². The molecule has 7 rings (SSSR count). The zero-order valence-corrected chi connectivity index (χ0v) is 32.6. The Morgan fingerprint density at radius 3 is 2.28 bits per heavy atom. The number of aliphatic hydroxyl groups excluding tert-OH is 1. The van der Waals surface area contributed by atoms with Gasteiger partial charge >= 0.3 is 0 Å². The number of carbonyl (C=O) groups excluding carboxylic acids is 3. The molecule has 10 nitrogen and oxygen atoms in total. The van der Waals surface area contributed by atoms with Crippen LogP contribution >= 0.6 is 0 Å².